The second kappa shape index (κ2) is 8.42. The number of benzene rings is 1. The summed E-state index contributed by atoms with van der Waals surface area (Å²) in [5.41, 5.74) is 0. The molecule has 0 aromatic heterocycles. The number of hydrogen-bond donors (Lipinski definition) is 4. The van der Waals surface area contributed by atoms with Gasteiger partial charge in [-0.1, -0.05) is 24.3 Å². The minimum absolute atomic E-state index is 0.101. The van der Waals surface area contributed by atoms with Gasteiger partial charge in [0.15, 0.2) is 6.23 Å². The second-order valence-corrected chi connectivity index (χ2v) is 8.68. The third kappa shape index (κ3) is 4.04. The maximum Gasteiger partial charge on any atom is 0.340 e. The Balaban J connectivity index is 1.91. The van der Waals surface area contributed by atoms with E-state index in [9.17, 15) is 28.5 Å². The number of urea groups is 1. The normalized spacial score (nSPS) is 30.3. The Morgan fingerprint density at radius 2 is 1.93 bits per heavy atom. The number of aliphatic hydroxyl groups excluding tert-OH is 3. The number of halogens is 1. The molecular formula is C17H19BrN2O8S. The number of hydrogen-bond acceptors (Lipinski definition) is 8. The maximum absolute atomic E-state index is 12.7. The van der Waals surface area contributed by atoms with Crippen molar-refractivity contribution in [3.05, 3.63) is 53.4 Å². The topological polar surface area (TPSA) is 146 Å². The fourth-order valence-electron chi connectivity index (χ4n) is 3.01. The van der Waals surface area contributed by atoms with Crippen LogP contribution in [0.3, 0.4) is 0 Å². The molecule has 29 heavy (non-hydrogen) atoms. The Morgan fingerprint density at radius 3 is 2.48 bits per heavy atom. The summed E-state index contributed by atoms with van der Waals surface area (Å²) in [7, 11) is -4.23. The molecular weight excluding hydrogens is 472 g/mol. The number of ether oxygens (including phenoxy) is 1. The lowest BCUT2D eigenvalue weighted by Gasteiger charge is -2.39. The number of amides is 2. The van der Waals surface area contributed by atoms with E-state index in [0.29, 0.717) is 0 Å². The Morgan fingerprint density at radius 1 is 1.28 bits per heavy atom. The lowest BCUT2D eigenvalue weighted by molar-refractivity contribution is -0.0844. The van der Waals surface area contributed by atoms with Gasteiger partial charge in [0.25, 0.3) is 0 Å². The molecule has 2 amide bonds. The van der Waals surface area contributed by atoms with E-state index in [1.165, 1.54) is 30.3 Å². The number of rotatable bonds is 6. The van der Waals surface area contributed by atoms with Crippen molar-refractivity contribution in [3.63, 3.8) is 0 Å². The van der Waals surface area contributed by atoms with Crippen molar-refractivity contribution in [1.29, 1.82) is 0 Å². The standard InChI is InChI=1S/C17H19BrN2O8S/c1-2-10-12(18)15(28-29(25,26)9-6-4-3-5-7-9)19-17(24)20(10)16-14(23)13(22)11(8-21)27-16/h2-7,10-11,13-14,16,21-23H,1,8H2,(H,19,24)/t10?,11-,13-,14-,16-/m1/s1. The molecule has 0 radical (unpaired) electrons. The lowest BCUT2D eigenvalue weighted by atomic mass is 10.1. The van der Waals surface area contributed by atoms with Crippen molar-refractivity contribution in [2.45, 2.75) is 35.5 Å². The van der Waals surface area contributed by atoms with Gasteiger partial charge in [0.05, 0.1) is 17.1 Å². The van der Waals surface area contributed by atoms with Gasteiger partial charge in [0.2, 0.25) is 5.88 Å². The Hall–Kier alpha value is -1.96. The van der Waals surface area contributed by atoms with Crippen LogP contribution < -0.4 is 5.32 Å². The SMILES string of the molecule is C=CC1C(Br)=C(OS(=O)(=O)c2ccccc2)NC(=O)N1[C@@H]1O[C@H](CO)[C@@H](O)[C@H]1O. The van der Waals surface area contributed by atoms with Crippen LogP contribution in [-0.4, -0.2) is 71.9 Å². The van der Waals surface area contributed by atoms with Gasteiger partial charge in [-0.25, -0.2) is 4.79 Å². The zero-order chi connectivity index (χ0) is 21.3. The highest BCUT2D eigenvalue weighted by Gasteiger charge is 2.50. The van der Waals surface area contributed by atoms with E-state index in [4.69, 9.17) is 8.92 Å². The summed E-state index contributed by atoms with van der Waals surface area (Å²) >= 11 is 3.20. The van der Waals surface area contributed by atoms with Crippen molar-refractivity contribution < 1.29 is 37.5 Å². The van der Waals surface area contributed by atoms with Crippen molar-refractivity contribution in [2.24, 2.45) is 0 Å². The second-order valence-electron chi connectivity index (χ2n) is 6.27. The van der Waals surface area contributed by atoms with Crippen LogP contribution >= 0.6 is 15.9 Å². The maximum atomic E-state index is 12.7. The predicted molar refractivity (Wildman–Crippen MR) is 103 cm³/mol. The van der Waals surface area contributed by atoms with Crippen LogP contribution in [0.4, 0.5) is 4.79 Å². The molecule has 1 aromatic carbocycles. The van der Waals surface area contributed by atoms with Gasteiger partial charge in [-0.15, -0.1) is 6.58 Å². The lowest BCUT2D eigenvalue weighted by Crippen LogP contribution is -2.58. The zero-order valence-electron chi connectivity index (χ0n) is 14.9. The molecule has 2 aliphatic rings. The average molecular weight is 491 g/mol. The monoisotopic (exact) mass is 490 g/mol. The molecule has 4 N–H and O–H groups in total. The summed E-state index contributed by atoms with van der Waals surface area (Å²) in [6.45, 7) is 3.06. The molecule has 2 aliphatic heterocycles. The summed E-state index contributed by atoms with van der Waals surface area (Å²) in [4.78, 5) is 13.6. The smallest absolute Gasteiger partial charge is 0.340 e. The van der Waals surface area contributed by atoms with Gasteiger partial charge in [-0.3, -0.25) is 10.2 Å². The molecule has 1 unspecified atom stereocenters. The molecule has 1 saturated heterocycles. The predicted octanol–water partition coefficient (Wildman–Crippen LogP) is -0.0253. The molecule has 10 nitrogen and oxygen atoms in total. The number of aliphatic hydroxyl groups is 3. The van der Waals surface area contributed by atoms with Gasteiger partial charge in [-0.05, 0) is 28.1 Å². The van der Waals surface area contributed by atoms with Crippen molar-refractivity contribution >= 4 is 32.1 Å². The molecule has 1 fully saturated rings. The third-order valence-electron chi connectivity index (χ3n) is 4.47. The molecule has 0 saturated carbocycles. The van der Waals surface area contributed by atoms with Crippen LogP contribution in [0.25, 0.3) is 0 Å². The van der Waals surface area contributed by atoms with Crippen molar-refractivity contribution in [3.8, 4) is 0 Å². The van der Waals surface area contributed by atoms with Gasteiger partial charge in [-0.2, -0.15) is 8.42 Å². The van der Waals surface area contributed by atoms with Crippen LogP contribution in [0.5, 0.6) is 0 Å². The summed E-state index contributed by atoms with van der Waals surface area (Å²) < 4.78 is 35.5. The fourth-order valence-corrected chi connectivity index (χ4v) is 4.64. The molecule has 0 bridgehead atoms. The average Bonchev–Trinajstić information content (AvgIpc) is 2.98. The first-order valence-electron chi connectivity index (χ1n) is 8.44. The van der Waals surface area contributed by atoms with E-state index in [-0.39, 0.29) is 15.3 Å². The van der Waals surface area contributed by atoms with Gasteiger partial charge >= 0.3 is 16.1 Å². The van der Waals surface area contributed by atoms with E-state index < -0.39 is 53.3 Å². The highest BCUT2D eigenvalue weighted by atomic mass is 79.9. The van der Waals surface area contributed by atoms with E-state index in [1.807, 2.05) is 0 Å². The van der Waals surface area contributed by atoms with Gasteiger partial charge in [0.1, 0.15) is 23.2 Å². The highest BCUT2D eigenvalue weighted by molar-refractivity contribution is 9.11. The van der Waals surface area contributed by atoms with Gasteiger partial charge < -0.3 is 24.2 Å². The number of nitrogens with one attached hydrogen (secondary N) is 1. The first-order chi connectivity index (χ1) is 13.7. The number of nitrogens with zero attached hydrogens (tertiary/aromatic N) is 1. The fraction of sp³-hybridized carbons (Fsp3) is 0.353. The molecule has 158 valence electrons. The van der Waals surface area contributed by atoms with E-state index in [0.717, 1.165) is 4.90 Å². The Kier molecular flexibility index (Phi) is 6.31. The highest BCUT2D eigenvalue weighted by Crippen LogP contribution is 2.34. The molecule has 12 heteroatoms. The molecule has 2 heterocycles. The van der Waals surface area contributed by atoms with E-state index in [1.54, 1.807) is 6.07 Å². The third-order valence-corrected chi connectivity index (χ3v) is 6.54. The van der Waals surface area contributed by atoms with E-state index >= 15 is 0 Å². The number of carbonyl (C=O) groups excluding carboxylic acids is 1. The number of carbonyl (C=O) groups is 1. The molecule has 0 aliphatic carbocycles. The summed E-state index contributed by atoms with van der Waals surface area (Å²) in [5, 5.41) is 31.7. The van der Waals surface area contributed by atoms with Gasteiger partial charge in [0, 0.05) is 0 Å². The van der Waals surface area contributed by atoms with Crippen LogP contribution in [0.15, 0.2) is 58.2 Å². The largest absolute Gasteiger partial charge is 0.394 e. The first kappa shape index (κ1) is 21.7. The summed E-state index contributed by atoms with van der Waals surface area (Å²) in [6.07, 6.45) is -4.02. The summed E-state index contributed by atoms with van der Waals surface area (Å²) in [5.74, 6) is -0.369. The molecule has 3 rings (SSSR count). The quantitative estimate of drug-likeness (QED) is 0.321. The van der Waals surface area contributed by atoms with Crippen LogP contribution in [0.1, 0.15) is 0 Å². The zero-order valence-corrected chi connectivity index (χ0v) is 17.3. The minimum Gasteiger partial charge on any atom is -0.394 e. The van der Waals surface area contributed by atoms with Crippen LogP contribution in [-0.2, 0) is 19.0 Å². The van der Waals surface area contributed by atoms with Crippen LogP contribution in [0, 0.1) is 0 Å². The van der Waals surface area contributed by atoms with Crippen molar-refractivity contribution in [1.82, 2.24) is 10.2 Å². The Labute approximate surface area is 175 Å². The molecule has 0 spiro atoms. The minimum atomic E-state index is -4.23. The van der Waals surface area contributed by atoms with Crippen molar-refractivity contribution in [2.75, 3.05) is 6.61 Å². The molecule has 5 atom stereocenters. The Bertz CT molecular complexity index is 923. The van der Waals surface area contributed by atoms with Crippen LogP contribution in [0.2, 0.25) is 0 Å². The summed E-state index contributed by atoms with van der Waals surface area (Å²) in [6, 6.07) is 5.53. The first-order valence-corrected chi connectivity index (χ1v) is 10.6. The molecule has 1 aromatic rings. The van der Waals surface area contributed by atoms with E-state index in [2.05, 4.69) is 27.8 Å².